The lowest BCUT2D eigenvalue weighted by Gasteiger charge is -2.18. The molecule has 1 fully saturated rings. The van der Waals surface area contributed by atoms with Gasteiger partial charge in [-0.2, -0.15) is 5.26 Å². The predicted molar refractivity (Wildman–Crippen MR) is 93.3 cm³/mol. The van der Waals surface area contributed by atoms with E-state index in [-0.39, 0.29) is 12.5 Å². The number of halogens is 1. The minimum absolute atomic E-state index is 0.000681. The van der Waals surface area contributed by atoms with Gasteiger partial charge in [0, 0.05) is 13.0 Å². The third kappa shape index (κ3) is 3.81. The summed E-state index contributed by atoms with van der Waals surface area (Å²) in [7, 11) is 0. The van der Waals surface area contributed by atoms with Crippen LogP contribution in [0.25, 0.3) is 0 Å². The van der Waals surface area contributed by atoms with Gasteiger partial charge >= 0.3 is 5.97 Å². The summed E-state index contributed by atoms with van der Waals surface area (Å²) in [6, 6.07) is 13.7. The lowest BCUT2D eigenvalue weighted by atomic mass is 10.1. The molecule has 0 bridgehead atoms. The first-order chi connectivity index (χ1) is 12.1. The molecule has 0 spiro atoms. The number of benzene rings is 2. The molecule has 0 unspecified atom stereocenters. The van der Waals surface area contributed by atoms with Gasteiger partial charge in [0.2, 0.25) is 5.91 Å². The molecule has 0 saturated carbocycles. The largest absolute Gasteiger partial charge is 0.457 e. The maximum Gasteiger partial charge on any atom is 0.338 e. The SMILES string of the molecule is N#Cc1cccc(COC(=O)c2ccc(Cl)c(N3CCCC3=O)c2)c1. The Morgan fingerprint density at radius 3 is 2.84 bits per heavy atom. The molecule has 1 heterocycles. The molecular weight excluding hydrogens is 340 g/mol. The summed E-state index contributed by atoms with van der Waals surface area (Å²) in [5.74, 6) is -0.507. The molecule has 2 aromatic carbocycles. The van der Waals surface area contributed by atoms with Crippen molar-refractivity contribution in [2.45, 2.75) is 19.4 Å². The molecule has 2 aromatic rings. The van der Waals surface area contributed by atoms with Crippen LogP contribution in [-0.2, 0) is 16.1 Å². The summed E-state index contributed by atoms with van der Waals surface area (Å²) >= 11 is 6.18. The van der Waals surface area contributed by atoms with Crippen LogP contribution in [0.5, 0.6) is 0 Å². The Morgan fingerprint density at radius 1 is 1.28 bits per heavy atom. The third-order valence-corrected chi connectivity index (χ3v) is 4.29. The fraction of sp³-hybridized carbons (Fsp3) is 0.211. The van der Waals surface area contributed by atoms with E-state index in [1.165, 1.54) is 0 Å². The van der Waals surface area contributed by atoms with Crippen LogP contribution < -0.4 is 4.90 Å². The predicted octanol–water partition coefficient (Wildman–Crippen LogP) is 3.70. The number of esters is 1. The molecule has 0 N–H and O–H groups in total. The third-order valence-electron chi connectivity index (χ3n) is 3.97. The first-order valence-corrected chi connectivity index (χ1v) is 8.22. The Labute approximate surface area is 150 Å². The van der Waals surface area contributed by atoms with Crippen molar-refractivity contribution in [3.8, 4) is 6.07 Å². The first kappa shape index (κ1) is 17.0. The number of amides is 1. The number of carbonyl (C=O) groups excluding carboxylic acids is 2. The van der Waals surface area contributed by atoms with E-state index >= 15 is 0 Å². The highest BCUT2D eigenvalue weighted by atomic mass is 35.5. The van der Waals surface area contributed by atoms with Gasteiger partial charge in [-0.3, -0.25) is 4.79 Å². The summed E-state index contributed by atoms with van der Waals surface area (Å²) < 4.78 is 5.30. The molecule has 25 heavy (non-hydrogen) atoms. The van der Waals surface area contributed by atoms with Crippen LogP contribution in [0.15, 0.2) is 42.5 Å². The van der Waals surface area contributed by atoms with E-state index in [1.807, 2.05) is 6.07 Å². The van der Waals surface area contributed by atoms with Gasteiger partial charge in [0.1, 0.15) is 6.61 Å². The highest BCUT2D eigenvalue weighted by Crippen LogP contribution is 2.30. The second-order valence-electron chi connectivity index (χ2n) is 5.70. The monoisotopic (exact) mass is 354 g/mol. The molecule has 1 amide bonds. The molecule has 0 radical (unpaired) electrons. The Morgan fingerprint density at radius 2 is 2.12 bits per heavy atom. The fourth-order valence-corrected chi connectivity index (χ4v) is 2.93. The highest BCUT2D eigenvalue weighted by molar-refractivity contribution is 6.34. The zero-order valence-corrected chi connectivity index (χ0v) is 14.1. The Hall–Kier alpha value is -2.84. The minimum atomic E-state index is -0.507. The van der Waals surface area contributed by atoms with Crippen LogP contribution >= 0.6 is 11.6 Å². The summed E-state index contributed by atoms with van der Waals surface area (Å²) in [4.78, 5) is 25.8. The van der Waals surface area contributed by atoms with Crippen molar-refractivity contribution in [2.24, 2.45) is 0 Å². The molecule has 6 heteroatoms. The molecule has 126 valence electrons. The van der Waals surface area contributed by atoms with Crippen LogP contribution in [0.1, 0.15) is 34.3 Å². The van der Waals surface area contributed by atoms with E-state index < -0.39 is 5.97 Å². The van der Waals surface area contributed by atoms with Gasteiger partial charge in [0.05, 0.1) is 27.9 Å². The van der Waals surface area contributed by atoms with Crippen molar-refractivity contribution in [3.05, 3.63) is 64.2 Å². The number of carbonyl (C=O) groups is 2. The van der Waals surface area contributed by atoms with Crippen molar-refractivity contribution in [2.75, 3.05) is 11.4 Å². The zero-order valence-electron chi connectivity index (χ0n) is 13.4. The van der Waals surface area contributed by atoms with Crippen molar-refractivity contribution in [1.29, 1.82) is 5.26 Å². The maximum atomic E-state index is 12.3. The smallest absolute Gasteiger partial charge is 0.338 e. The van der Waals surface area contributed by atoms with Crippen LogP contribution in [0.2, 0.25) is 5.02 Å². The van der Waals surface area contributed by atoms with Crippen molar-refractivity contribution < 1.29 is 14.3 Å². The molecule has 0 aromatic heterocycles. The second kappa shape index (κ2) is 7.37. The molecule has 0 atom stereocenters. The van der Waals surface area contributed by atoms with Crippen LogP contribution in [0.3, 0.4) is 0 Å². The first-order valence-electron chi connectivity index (χ1n) is 7.84. The fourth-order valence-electron chi connectivity index (χ4n) is 2.71. The average Bonchev–Trinajstić information content (AvgIpc) is 3.06. The van der Waals surface area contributed by atoms with Gasteiger partial charge in [-0.1, -0.05) is 23.7 Å². The summed E-state index contributed by atoms with van der Waals surface area (Å²) in [5.41, 5.74) is 2.10. The lowest BCUT2D eigenvalue weighted by Crippen LogP contribution is -2.24. The van der Waals surface area contributed by atoms with Crippen LogP contribution in [0.4, 0.5) is 5.69 Å². The molecule has 0 aliphatic carbocycles. The Kier molecular flexibility index (Phi) is 5.01. The van der Waals surface area contributed by atoms with E-state index in [9.17, 15) is 9.59 Å². The normalized spacial score (nSPS) is 13.6. The Bertz CT molecular complexity index is 873. The van der Waals surface area contributed by atoms with Gasteiger partial charge in [0.25, 0.3) is 0 Å². The quantitative estimate of drug-likeness (QED) is 0.785. The number of hydrogen-bond acceptors (Lipinski definition) is 4. The molecule has 5 nitrogen and oxygen atoms in total. The molecule has 1 aliphatic heterocycles. The summed E-state index contributed by atoms with van der Waals surface area (Å²) in [5, 5.41) is 9.32. The number of rotatable bonds is 4. The van der Waals surface area contributed by atoms with Crippen molar-refractivity contribution in [3.63, 3.8) is 0 Å². The van der Waals surface area contributed by atoms with E-state index in [0.29, 0.717) is 34.8 Å². The average molecular weight is 355 g/mol. The topological polar surface area (TPSA) is 70.4 Å². The molecule has 1 aliphatic rings. The summed E-state index contributed by atoms with van der Waals surface area (Å²) in [6.45, 7) is 0.660. The van der Waals surface area contributed by atoms with Gasteiger partial charge in [-0.05, 0) is 42.3 Å². The van der Waals surface area contributed by atoms with Crippen LogP contribution in [0, 0.1) is 11.3 Å². The maximum absolute atomic E-state index is 12.3. The van der Waals surface area contributed by atoms with E-state index in [4.69, 9.17) is 21.6 Å². The lowest BCUT2D eigenvalue weighted by molar-refractivity contribution is -0.117. The number of nitrogens with zero attached hydrogens (tertiary/aromatic N) is 2. The molecule has 3 rings (SSSR count). The number of anilines is 1. The van der Waals surface area contributed by atoms with E-state index in [0.717, 1.165) is 12.0 Å². The summed E-state index contributed by atoms with van der Waals surface area (Å²) in [6.07, 6.45) is 1.26. The van der Waals surface area contributed by atoms with E-state index in [2.05, 4.69) is 0 Å². The standard InChI is InChI=1S/C19H15ClN2O3/c20-16-7-6-15(10-17(16)22-8-2-5-18(22)23)19(24)25-12-14-4-1-3-13(9-14)11-21/h1,3-4,6-7,9-10H,2,5,8,12H2. The van der Waals surface area contributed by atoms with Crippen molar-refractivity contribution in [1.82, 2.24) is 0 Å². The van der Waals surface area contributed by atoms with Gasteiger partial charge in [-0.25, -0.2) is 4.79 Å². The Balaban J connectivity index is 1.74. The van der Waals surface area contributed by atoms with Gasteiger partial charge < -0.3 is 9.64 Å². The minimum Gasteiger partial charge on any atom is -0.457 e. The number of ether oxygens (including phenoxy) is 1. The second-order valence-corrected chi connectivity index (χ2v) is 6.11. The molecular formula is C19H15ClN2O3. The highest BCUT2D eigenvalue weighted by Gasteiger charge is 2.24. The number of nitriles is 1. The van der Waals surface area contributed by atoms with E-state index in [1.54, 1.807) is 47.4 Å². The number of hydrogen-bond donors (Lipinski definition) is 0. The zero-order chi connectivity index (χ0) is 17.8. The van der Waals surface area contributed by atoms with Gasteiger partial charge in [0.15, 0.2) is 0 Å². The van der Waals surface area contributed by atoms with Crippen LogP contribution in [-0.4, -0.2) is 18.4 Å². The molecule has 1 saturated heterocycles. The van der Waals surface area contributed by atoms with Crippen molar-refractivity contribution >= 4 is 29.2 Å². The van der Waals surface area contributed by atoms with Gasteiger partial charge in [-0.15, -0.1) is 0 Å².